The van der Waals surface area contributed by atoms with Gasteiger partial charge in [-0.3, -0.25) is 4.90 Å². The first kappa shape index (κ1) is 16.3. The molecule has 3 heterocycles. The van der Waals surface area contributed by atoms with Crippen molar-refractivity contribution in [3.8, 4) is 0 Å². The molecule has 2 aliphatic heterocycles. The fraction of sp³-hybridized carbons (Fsp3) is 0.667. The standard InChI is InChI=1S/C12H19N3O4S3/c1-3-7-5-15(2)9-6-21(16,17)12-8(11(9)14-7)4-10(20-12)22(13,18)19/h4,7,9,11,14H,3,5-6H2,1-2H3,(H2,13,18,19)/t7-,9+,11+/m0/s1. The average Bonchev–Trinajstić information content (AvgIpc) is 2.86. The Labute approximate surface area is 134 Å². The number of sulfonamides is 1. The van der Waals surface area contributed by atoms with E-state index in [1.54, 1.807) is 0 Å². The SMILES string of the molecule is CC[C@H]1CN(C)[C@@H]2CS(=O)(=O)c3sc(S(N)(=O)=O)cc3[C@H]2N1. The van der Waals surface area contributed by atoms with Gasteiger partial charge in [-0.15, -0.1) is 11.3 Å². The number of hydrogen-bond donors (Lipinski definition) is 2. The molecule has 0 amide bonds. The molecule has 1 saturated heterocycles. The van der Waals surface area contributed by atoms with Crippen LogP contribution in [0.15, 0.2) is 14.5 Å². The van der Waals surface area contributed by atoms with E-state index in [1.807, 2.05) is 11.9 Å². The number of nitrogens with two attached hydrogens (primary N) is 1. The Bertz CT molecular complexity index is 800. The molecule has 3 N–H and O–H groups in total. The van der Waals surface area contributed by atoms with Gasteiger partial charge in [-0.1, -0.05) is 6.92 Å². The van der Waals surface area contributed by atoms with Crippen LogP contribution >= 0.6 is 11.3 Å². The summed E-state index contributed by atoms with van der Waals surface area (Å²) in [5.74, 6) is -0.00479. The first-order chi connectivity index (χ1) is 10.1. The molecule has 0 aromatic carbocycles. The lowest BCUT2D eigenvalue weighted by molar-refractivity contribution is 0.124. The first-order valence-electron chi connectivity index (χ1n) is 6.99. The van der Waals surface area contributed by atoms with E-state index >= 15 is 0 Å². The molecule has 1 aromatic heterocycles. The molecule has 1 aromatic rings. The smallest absolute Gasteiger partial charge is 0.247 e. The number of hydrogen-bond acceptors (Lipinski definition) is 7. The summed E-state index contributed by atoms with van der Waals surface area (Å²) < 4.78 is 48.2. The van der Waals surface area contributed by atoms with Gasteiger partial charge in [-0.25, -0.2) is 22.0 Å². The number of nitrogens with zero attached hydrogens (tertiary/aromatic N) is 1. The molecular formula is C12H19N3O4S3. The van der Waals surface area contributed by atoms with Crippen molar-refractivity contribution in [1.82, 2.24) is 10.2 Å². The van der Waals surface area contributed by atoms with Gasteiger partial charge in [0.1, 0.15) is 8.42 Å². The van der Waals surface area contributed by atoms with Gasteiger partial charge in [0.05, 0.1) is 11.8 Å². The Kier molecular flexibility index (Phi) is 3.90. The summed E-state index contributed by atoms with van der Waals surface area (Å²) in [6.45, 7) is 2.84. The van der Waals surface area contributed by atoms with Crippen LogP contribution in [0.3, 0.4) is 0 Å². The predicted molar refractivity (Wildman–Crippen MR) is 84.1 cm³/mol. The van der Waals surface area contributed by atoms with Crippen molar-refractivity contribution in [1.29, 1.82) is 0 Å². The second-order valence-electron chi connectivity index (χ2n) is 5.89. The number of thiophene rings is 1. The lowest BCUT2D eigenvalue weighted by Gasteiger charge is -2.45. The number of sulfone groups is 1. The van der Waals surface area contributed by atoms with Crippen molar-refractivity contribution < 1.29 is 16.8 Å². The molecule has 3 atom stereocenters. The molecule has 124 valence electrons. The number of likely N-dealkylation sites (N-methyl/N-ethyl adjacent to an activating group) is 1. The van der Waals surface area contributed by atoms with E-state index < -0.39 is 19.9 Å². The largest absolute Gasteiger partial charge is 0.304 e. The highest BCUT2D eigenvalue weighted by atomic mass is 32.3. The fourth-order valence-corrected chi connectivity index (χ4v) is 7.60. The van der Waals surface area contributed by atoms with E-state index in [9.17, 15) is 16.8 Å². The minimum atomic E-state index is -3.90. The Morgan fingerprint density at radius 2 is 2.18 bits per heavy atom. The van der Waals surface area contributed by atoms with Gasteiger partial charge >= 0.3 is 0 Å². The molecule has 3 rings (SSSR count). The second-order valence-corrected chi connectivity index (χ2v) is 11.0. The van der Waals surface area contributed by atoms with Gasteiger partial charge in [-0.2, -0.15) is 0 Å². The van der Waals surface area contributed by atoms with E-state index in [4.69, 9.17) is 5.14 Å². The fourth-order valence-electron chi connectivity index (χ4n) is 3.19. The van der Waals surface area contributed by atoms with Crippen LogP contribution in [0.25, 0.3) is 0 Å². The van der Waals surface area contributed by atoms with Crippen LogP contribution in [-0.2, 0) is 19.9 Å². The maximum absolute atomic E-state index is 12.5. The van der Waals surface area contributed by atoms with Crippen molar-refractivity contribution >= 4 is 31.2 Å². The van der Waals surface area contributed by atoms with E-state index in [0.717, 1.165) is 24.3 Å². The maximum Gasteiger partial charge on any atom is 0.247 e. The van der Waals surface area contributed by atoms with Crippen molar-refractivity contribution in [3.63, 3.8) is 0 Å². The summed E-state index contributed by atoms with van der Waals surface area (Å²) in [7, 11) is -5.49. The number of fused-ring (bicyclic) bond motifs is 3. The molecule has 22 heavy (non-hydrogen) atoms. The van der Waals surface area contributed by atoms with Crippen LogP contribution in [0.1, 0.15) is 24.9 Å². The highest BCUT2D eigenvalue weighted by molar-refractivity contribution is 7.95. The third kappa shape index (κ3) is 2.61. The van der Waals surface area contributed by atoms with Gasteiger partial charge in [0.15, 0.2) is 9.84 Å². The molecule has 0 bridgehead atoms. The molecule has 0 aliphatic carbocycles. The molecule has 0 radical (unpaired) electrons. The summed E-state index contributed by atoms with van der Waals surface area (Å²) in [5, 5.41) is 8.62. The highest BCUT2D eigenvalue weighted by Gasteiger charge is 2.45. The molecule has 0 saturated carbocycles. The lowest BCUT2D eigenvalue weighted by atomic mass is 9.96. The highest BCUT2D eigenvalue weighted by Crippen LogP contribution is 2.42. The van der Waals surface area contributed by atoms with Gasteiger partial charge in [0, 0.05) is 24.2 Å². The van der Waals surface area contributed by atoms with Crippen molar-refractivity contribution in [2.45, 2.75) is 39.9 Å². The average molecular weight is 366 g/mol. The van der Waals surface area contributed by atoms with Gasteiger partial charge in [0.25, 0.3) is 0 Å². The summed E-state index contributed by atoms with van der Waals surface area (Å²) in [6.07, 6.45) is 0.918. The minimum Gasteiger partial charge on any atom is -0.304 e. The number of piperazine rings is 1. The minimum absolute atomic E-state index is 0.00479. The number of primary sulfonamides is 1. The first-order valence-corrected chi connectivity index (χ1v) is 11.0. The van der Waals surface area contributed by atoms with E-state index in [1.165, 1.54) is 6.07 Å². The van der Waals surface area contributed by atoms with Crippen LogP contribution in [0.2, 0.25) is 0 Å². The summed E-state index contributed by atoms with van der Waals surface area (Å²) >= 11 is 0.756. The second kappa shape index (κ2) is 5.25. The van der Waals surface area contributed by atoms with Crippen LogP contribution in [0, 0.1) is 0 Å². The predicted octanol–water partition coefficient (Wildman–Crippen LogP) is -0.0939. The quantitative estimate of drug-likeness (QED) is 0.758. The zero-order valence-corrected chi connectivity index (χ0v) is 14.8. The lowest BCUT2D eigenvalue weighted by Crippen LogP contribution is -2.59. The van der Waals surface area contributed by atoms with Crippen LogP contribution in [0.5, 0.6) is 0 Å². The monoisotopic (exact) mass is 365 g/mol. The number of nitrogens with one attached hydrogen (secondary N) is 1. The van der Waals surface area contributed by atoms with Gasteiger partial charge in [-0.05, 0) is 19.5 Å². The maximum atomic E-state index is 12.5. The van der Waals surface area contributed by atoms with Crippen molar-refractivity contribution in [3.05, 3.63) is 11.6 Å². The van der Waals surface area contributed by atoms with Crippen molar-refractivity contribution in [2.75, 3.05) is 19.3 Å². The Balaban J connectivity index is 2.15. The van der Waals surface area contributed by atoms with Crippen LogP contribution in [-0.4, -0.2) is 53.2 Å². The topological polar surface area (TPSA) is 110 Å². The van der Waals surface area contributed by atoms with Gasteiger partial charge in [0.2, 0.25) is 10.0 Å². The third-order valence-electron chi connectivity index (χ3n) is 4.36. The van der Waals surface area contributed by atoms with Crippen molar-refractivity contribution in [2.24, 2.45) is 5.14 Å². The zero-order valence-electron chi connectivity index (χ0n) is 12.3. The Hall–Kier alpha value is -0.520. The molecular weight excluding hydrogens is 346 g/mol. The summed E-state index contributed by atoms with van der Waals surface area (Å²) in [5.41, 5.74) is 0.537. The van der Waals surface area contributed by atoms with E-state index in [-0.39, 0.29) is 32.3 Å². The molecule has 2 aliphatic rings. The van der Waals surface area contributed by atoms with Crippen LogP contribution in [0.4, 0.5) is 0 Å². The van der Waals surface area contributed by atoms with Crippen LogP contribution < -0.4 is 10.5 Å². The van der Waals surface area contributed by atoms with Gasteiger partial charge < -0.3 is 5.32 Å². The Morgan fingerprint density at radius 3 is 2.77 bits per heavy atom. The van der Waals surface area contributed by atoms with E-state index in [0.29, 0.717) is 5.56 Å². The zero-order chi connectivity index (χ0) is 16.3. The summed E-state index contributed by atoms with van der Waals surface area (Å²) in [6, 6.07) is 1.29. The third-order valence-corrected chi connectivity index (χ3v) is 9.32. The Morgan fingerprint density at radius 1 is 1.50 bits per heavy atom. The molecule has 10 heteroatoms. The molecule has 7 nitrogen and oxygen atoms in total. The molecule has 0 spiro atoms. The summed E-state index contributed by atoms with van der Waals surface area (Å²) in [4.78, 5) is 2.05. The molecule has 1 fully saturated rings. The normalized spacial score (nSPS) is 31.5. The van der Waals surface area contributed by atoms with E-state index in [2.05, 4.69) is 12.2 Å². The molecule has 0 unspecified atom stereocenters. The number of rotatable bonds is 2.